The fraction of sp³-hybridized carbons (Fsp3) is 0.409. The summed E-state index contributed by atoms with van der Waals surface area (Å²) < 4.78 is 0. The lowest BCUT2D eigenvalue weighted by molar-refractivity contribution is -0.115. The van der Waals surface area contributed by atoms with E-state index in [1.807, 2.05) is 36.4 Å². The molecule has 1 saturated heterocycles. The number of benzene rings is 2. The van der Waals surface area contributed by atoms with Gasteiger partial charge in [-0.3, -0.25) is 4.79 Å². The van der Waals surface area contributed by atoms with Crippen molar-refractivity contribution in [3.05, 3.63) is 59.1 Å². The number of anilines is 2. The highest BCUT2D eigenvalue weighted by atomic mass is 35.5. The normalized spacial score (nSPS) is 15.0. The van der Waals surface area contributed by atoms with Gasteiger partial charge in [-0.15, -0.1) is 0 Å². The Morgan fingerprint density at radius 2 is 1.89 bits per heavy atom. The third-order valence-electron chi connectivity index (χ3n) is 5.06. The number of amides is 1. The molecule has 4 nitrogen and oxygen atoms in total. The molecule has 3 rings (SSSR count). The Balaban J connectivity index is 1.39. The van der Waals surface area contributed by atoms with Crippen LogP contribution in [0.2, 0.25) is 5.02 Å². The smallest absolute Gasteiger partial charge is 0.238 e. The Labute approximate surface area is 166 Å². The third kappa shape index (κ3) is 6.26. The van der Waals surface area contributed by atoms with Crippen LogP contribution in [0.5, 0.6) is 0 Å². The molecule has 5 heteroatoms. The molecule has 0 bridgehead atoms. The van der Waals surface area contributed by atoms with Crippen LogP contribution in [-0.4, -0.2) is 32.1 Å². The summed E-state index contributed by atoms with van der Waals surface area (Å²) in [6.45, 7) is 5.58. The summed E-state index contributed by atoms with van der Waals surface area (Å²) in [6.07, 6.45) is 3.34. The van der Waals surface area contributed by atoms with Crippen molar-refractivity contribution in [3.63, 3.8) is 0 Å². The standard InChI is InChI=1S/C22H28ClN3O/c1-17-10-13-26(14-11-17)21-7-5-20(6-8-21)25-22(27)16-24-12-9-18-3-2-4-19(23)15-18/h2-8,15,17,24H,9-14,16H2,1H3,(H,25,27). The van der Waals surface area contributed by atoms with Crippen LogP contribution in [0.3, 0.4) is 0 Å². The van der Waals surface area contributed by atoms with Crippen molar-refractivity contribution < 1.29 is 4.79 Å². The van der Waals surface area contributed by atoms with E-state index < -0.39 is 0 Å². The zero-order valence-corrected chi connectivity index (χ0v) is 16.6. The molecule has 1 fully saturated rings. The Bertz CT molecular complexity index is 739. The van der Waals surface area contributed by atoms with Gasteiger partial charge in [0, 0.05) is 29.5 Å². The zero-order chi connectivity index (χ0) is 19.1. The molecule has 0 spiro atoms. The molecule has 1 heterocycles. The van der Waals surface area contributed by atoms with Crippen LogP contribution < -0.4 is 15.5 Å². The van der Waals surface area contributed by atoms with Crippen molar-refractivity contribution in [2.75, 3.05) is 36.4 Å². The summed E-state index contributed by atoms with van der Waals surface area (Å²) in [5.41, 5.74) is 3.24. The molecule has 0 aromatic heterocycles. The molecule has 0 unspecified atom stereocenters. The van der Waals surface area contributed by atoms with E-state index in [-0.39, 0.29) is 5.91 Å². The molecule has 1 aliphatic rings. The molecule has 0 aliphatic carbocycles. The minimum Gasteiger partial charge on any atom is -0.372 e. The first-order chi connectivity index (χ1) is 13.1. The average molecular weight is 386 g/mol. The van der Waals surface area contributed by atoms with Gasteiger partial charge in [0.2, 0.25) is 5.91 Å². The summed E-state index contributed by atoms with van der Waals surface area (Å²) in [5, 5.41) is 6.87. The predicted octanol–water partition coefficient (Wildman–Crippen LogP) is 4.35. The van der Waals surface area contributed by atoms with Crippen molar-refractivity contribution in [1.82, 2.24) is 5.32 Å². The fourth-order valence-corrected chi connectivity index (χ4v) is 3.57. The first-order valence-electron chi connectivity index (χ1n) is 9.70. The van der Waals surface area contributed by atoms with Gasteiger partial charge < -0.3 is 15.5 Å². The van der Waals surface area contributed by atoms with E-state index in [1.165, 1.54) is 18.5 Å². The maximum atomic E-state index is 12.1. The Kier molecular flexibility index (Phi) is 7.13. The number of carbonyl (C=O) groups excluding carboxylic acids is 1. The van der Waals surface area contributed by atoms with Gasteiger partial charge in [0.25, 0.3) is 0 Å². The predicted molar refractivity (Wildman–Crippen MR) is 114 cm³/mol. The van der Waals surface area contributed by atoms with Crippen molar-refractivity contribution in [2.45, 2.75) is 26.2 Å². The third-order valence-corrected chi connectivity index (χ3v) is 5.30. The summed E-state index contributed by atoms with van der Waals surface area (Å²) >= 11 is 5.98. The van der Waals surface area contributed by atoms with Gasteiger partial charge in [-0.2, -0.15) is 0 Å². The van der Waals surface area contributed by atoms with Gasteiger partial charge in [-0.05, 0) is 73.7 Å². The SMILES string of the molecule is CC1CCN(c2ccc(NC(=O)CNCCc3cccc(Cl)c3)cc2)CC1. The van der Waals surface area contributed by atoms with Crippen LogP contribution in [-0.2, 0) is 11.2 Å². The van der Waals surface area contributed by atoms with Crippen molar-refractivity contribution >= 4 is 28.9 Å². The van der Waals surface area contributed by atoms with Crippen LogP contribution in [0.15, 0.2) is 48.5 Å². The molecule has 1 amide bonds. The van der Waals surface area contributed by atoms with Gasteiger partial charge in [-0.1, -0.05) is 30.7 Å². The molecule has 1 aliphatic heterocycles. The van der Waals surface area contributed by atoms with Crippen molar-refractivity contribution in [1.29, 1.82) is 0 Å². The lowest BCUT2D eigenvalue weighted by Gasteiger charge is -2.32. The Morgan fingerprint density at radius 1 is 1.15 bits per heavy atom. The molecule has 2 N–H and O–H groups in total. The first kappa shape index (κ1) is 19.7. The molecular formula is C22H28ClN3O. The van der Waals surface area contributed by atoms with E-state index in [2.05, 4.69) is 34.6 Å². The van der Waals surface area contributed by atoms with Crippen molar-refractivity contribution in [2.24, 2.45) is 5.92 Å². The number of piperidine rings is 1. The lowest BCUT2D eigenvalue weighted by atomic mass is 9.99. The van der Waals surface area contributed by atoms with Crippen LogP contribution in [0.1, 0.15) is 25.3 Å². The molecule has 0 saturated carbocycles. The minimum atomic E-state index is -0.0272. The molecular weight excluding hydrogens is 358 g/mol. The van der Waals surface area contributed by atoms with Gasteiger partial charge >= 0.3 is 0 Å². The number of nitrogens with one attached hydrogen (secondary N) is 2. The molecule has 0 radical (unpaired) electrons. The topological polar surface area (TPSA) is 44.4 Å². The molecule has 27 heavy (non-hydrogen) atoms. The maximum absolute atomic E-state index is 12.1. The molecule has 144 valence electrons. The first-order valence-corrected chi connectivity index (χ1v) is 10.1. The maximum Gasteiger partial charge on any atom is 0.238 e. The summed E-state index contributed by atoms with van der Waals surface area (Å²) in [7, 11) is 0. The number of nitrogens with zero attached hydrogens (tertiary/aromatic N) is 1. The van der Waals surface area contributed by atoms with Gasteiger partial charge in [0.1, 0.15) is 0 Å². The number of halogens is 1. The van der Waals surface area contributed by atoms with E-state index >= 15 is 0 Å². The van der Waals surface area contributed by atoms with Crippen LogP contribution in [0.4, 0.5) is 11.4 Å². The van der Waals surface area contributed by atoms with E-state index in [1.54, 1.807) is 0 Å². The Hall–Kier alpha value is -2.04. The lowest BCUT2D eigenvalue weighted by Crippen LogP contribution is -2.32. The molecule has 2 aromatic rings. The van der Waals surface area contributed by atoms with Crippen LogP contribution >= 0.6 is 11.6 Å². The highest BCUT2D eigenvalue weighted by Gasteiger charge is 2.15. The van der Waals surface area contributed by atoms with Crippen LogP contribution in [0, 0.1) is 5.92 Å². The molecule has 0 atom stereocenters. The average Bonchev–Trinajstić information content (AvgIpc) is 2.67. The van der Waals surface area contributed by atoms with Crippen LogP contribution in [0.25, 0.3) is 0 Å². The summed E-state index contributed by atoms with van der Waals surface area (Å²) in [6, 6.07) is 16.0. The number of hydrogen-bond acceptors (Lipinski definition) is 3. The zero-order valence-electron chi connectivity index (χ0n) is 15.9. The van der Waals surface area contributed by atoms with E-state index in [0.717, 1.165) is 48.2 Å². The number of carbonyl (C=O) groups is 1. The quantitative estimate of drug-likeness (QED) is 0.696. The fourth-order valence-electron chi connectivity index (χ4n) is 3.35. The Morgan fingerprint density at radius 3 is 2.59 bits per heavy atom. The minimum absolute atomic E-state index is 0.0272. The monoisotopic (exact) mass is 385 g/mol. The van der Waals surface area contributed by atoms with E-state index in [9.17, 15) is 4.79 Å². The molecule has 2 aromatic carbocycles. The number of hydrogen-bond donors (Lipinski definition) is 2. The highest BCUT2D eigenvalue weighted by molar-refractivity contribution is 6.30. The largest absolute Gasteiger partial charge is 0.372 e. The second-order valence-corrected chi connectivity index (χ2v) is 7.76. The van der Waals surface area contributed by atoms with Gasteiger partial charge in [0.05, 0.1) is 6.54 Å². The summed E-state index contributed by atoms with van der Waals surface area (Å²) in [5.74, 6) is 0.798. The van der Waals surface area contributed by atoms with E-state index in [4.69, 9.17) is 11.6 Å². The summed E-state index contributed by atoms with van der Waals surface area (Å²) in [4.78, 5) is 14.5. The van der Waals surface area contributed by atoms with Gasteiger partial charge in [0.15, 0.2) is 0 Å². The number of rotatable bonds is 7. The highest BCUT2D eigenvalue weighted by Crippen LogP contribution is 2.24. The van der Waals surface area contributed by atoms with Gasteiger partial charge in [-0.25, -0.2) is 0 Å². The second-order valence-electron chi connectivity index (χ2n) is 7.32. The van der Waals surface area contributed by atoms with Crippen molar-refractivity contribution in [3.8, 4) is 0 Å². The second kappa shape index (κ2) is 9.77. The van der Waals surface area contributed by atoms with E-state index in [0.29, 0.717) is 6.54 Å².